The fraction of sp³-hybridized carbons (Fsp3) is 0.974. The second kappa shape index (κ2) is 55.6. The van der Waals surface area contributed by atoms with E-state index in [1.54, 1.807) is 14.2 Å². The lowest BCUT2D eigenvalue weighted by molar-refractivity contribution is -0.0280. The maximum atomic E-state index is 11.6. The highest BCUT2D eigenvalue weighted by Gasteiger charge is 2.04. The lowest BCUT2D eigenvalue weighted by Crippen LogP contribution is -2.17. The van der Waals surface area contributed by atoms with Gasteiger partial charge in [-0.2, -0.15) is 0 Å². The minimum Gasteiger partial charge on any atom is -0.432 e. The Morgan fingerprint density at radius 1 is 0.200 bits per heavy atom. The van der Waals surface area contributed by atoms with Gasteiger partial charge >= 0.3 is 6.16 Å². The molecular formula is C39H78O21. The fourth-order valence-electron chi connectivity index (χ4n) is 3.98. The van der Waals surface area contributed by atoms with E-state index < -0.39 is 6.16 Å². The van der Waals surface area contributed by atoms with Crippen LogP contribution in [0.4, 0.5) is 4.79 Å². The first-order chi connectivity index (χ1) is 29.8. The summed E-state index contributed by atoms with van der Waals surface area (Å²) in [5.41, 5.74) is 0. The van der Waals surface area contributed by atoms with Gasteiger partial charge in [0.05, 0.1) is 225 Å². The molecule has 0 amide bonds. The lowest BCUT2D eigenvalue weighted by Gasteiger charge is -2.09. The van der Waals surface area contributed by atoms with E-state index in [4.69, 9.17) is 94.7 Å². The zero-order chi connectivity index (χ0) is 43.2. The highest BCUT2D eigenvalue weighted by Crippen LogP contribution is 1.91. The maximum absolute atomic E-state index is 11.6. The summed E-state index contributed by atoms with van der Waals surface area (Å²) in [4.78, 5) is 11.6. The predicted octanol–water partition coefficient (Wildman–Crippen LogP) is 0.698. The Morgan fingerprint density at radius 2 is 0.317 bits per heavy atom. The summed E-state index contributed by atoms with van der Waals surface area (Å²) in [5, 5.41) is 0. The van der Waals surface area contributed by atoms with Crippen LogP contribution in [0, 0.1) is 0 Å². The molecule has 0 saturated carbocycles. The topological polar surface area (TPSA) is 202 Å². The van der Waals surface area contributed by atoms with Gasteiger partial charge < -0.3 is 94.7 Å². The summed E-state index contributed by atoms with van der Waals surface area (Å²) in [6.45, 7) is 16.2. The van der Waals surface area contributed by atoms with Crippen LogP contribution in [0.5, 0.6) is 0 Å². The fourth-order valence-corrected chi connectivity index (χ4v) is 3.98. The first-order valence-corrected chi connectivity index (χ1v) is 20.8. The molecule has 0 bridgehead atoms. The standard InChI is InChI=1S/C39H78O21/c1-41-3-5-43-7-9-45-11-13-47-15-17-49-19-21-51-23-25-53-27-29-55-31-33-57-35-37-59-39(40)60-38-36-58-34-32-56-30-28-54-26-24-52-22-20-50-18-16-48-14-12-46-10-8-44-6-4-42-2/h3-38H2,1-2H3. The van der Waals surface area contributed by atoms with Crippen molar-refractivity contribution in [3.63, 3.8) is 0 Å². The Bertz CT molecular complexity index is 730. The van der Waals surface area contributed by atoms with Crippen molar-refractivity contribution in [1.82, 2.24) is 0 Å². The number of hydrogen-bond acceptors (Lipinski definition) is 21. The first kappa shape index (κ1) is 58.6. The molecule has 21 nitrogen and oxygen atoms in total. The van der Waals surface area contributed by atoms with E-state index in [2.05, 4.69) is 0 Å². The molecule has 0 rings (SSSR count). The summed E-state index contributed by atoms with van der Waals surface area (Å²) in [6.07, 6.45) is -0.782. The Kier molecular flexibility index (Phi) is 54.2. The number of rotatable bonds is 54. The molecule has 0 aromatic heterocycles. The van der Waals surface area contributed by atoms with Crippen molar-refractivity contribution in [2.24, 2.45) is 0 Å². The van der Waals surface area contributed by atoms with Crippen molar-refractivity contribution >= 4 is 6.16 Å². The van der Waals surface area contributed by atoms with E-state index in [0.29, 0.717) is 211 Å². The molecule has 0 aliphatic rings. The lowest BCUT2D eigenvalue weighted by atomic mass is 10.6. The predicted molar refractivity (Wildman–Crippen MR) is 214 cm³/mol. The van der Waals surface area contributed by atoms with Crippen molar-refractivity contribution in [2.45, 2.75) is 0 Å². The zero-order valence-corrected chi connectivity index (χ0v) is 36.5. The number of ether oxygens (including phenoxy) is 20. The van der Waals surface area contributed by atoms with Crippen LogP contribution in [0.2, 0.25) is 0 Å². The normalized spacial score (nSPS) is 11.5. The first-order valence-electron chi connectivity index (χ1n) is 20.8. The molecule has 60 heavy (non-hydrogen) atoms. The molecular weight excluding hydrogens is 804 g/mol. The third kappa shape index (κ3) is 54.6. The molecule has 0 atom stereocenters. The van der Waals surface area contributed by atoms with Gasteiger partial charge in [-0.25, -0.2) is 4.79 Å². The van der Waals surface area contributed by atoms with Gasteiger partial charge in [0, 0.05) is 14.2 Å². The van der Waals surface area contributed by atoms with E-state index in [-0.39, 0.29) is 26.4 Å². The summed E-state index contributed by atoms with van der Waals surface area (Å²) in [6, 6.07) is 0. The third-order valence-corrected chi connectivity index (χ3v) is 6.97. The van der Waals surface area contributed by atoms with Crippen LogP contribution in [0.1, 0.15) is 0 Å². The van der Waals surface area contributed by atoms with Crippen molar-refractivity contribution in [1.29, 1.82) is 0 Å². The number of carbonyl (C=O) groups excluding carboxylic acids is 1. The molecule has 0 heterocycles. The summed E-state index contributed by atoms with van der Waals surface area (Å²) in [5.74, 6) is 0. The van der Waals surface area contributed by atoms with E-state index in [9.17, 15) is 4.79 Å². The molecule has 0 unspecified atom stereocenters. The molecule has 0 fully saturated rings. The van der Waals surface area contributed by atoms with Crippen LogP contribution in [-0.4, -0.2) is 258 Å². The monoisotopic (exact) mass is 883 g/mol. The second-order valence-electron chi connectivity index (χ2n) is 11.7. The summed E-state index contributed by atoms with van der Waals surface area (Å²) < 4.78 is 106. The van der Waals surface area contributed by atoms with E-state index in [1.807, 2.05) is 0 Å². The Balaban J connectivity index is 3.14. The molecule has 0 radical (unpaired) electrons. The number of carbonyl (C=O) groups is 1. The van der Waals surface area contributed by atoms with E-state index >= 15 is 0 Å². The molecule has 21 heteroatoms. The molecule has 0 aliphatic carbocycles. The number of hydrogen-bond donors (Lipinski definition) is 0. The highest BCUT2D eigenvalue weighted by molar-refractivity contribution is 5.59. The summed E-state index contributed by atoms with van der Waals surface area (Å²) in [7, 11) is 3.28. The molecule has 360 valence electrons. The van der Waals surface area contributed by atoms with Gasteiger partial charge in [-0.3, -0.25) is 0 Å². The van der Waals surface area contributed by atoms with Crippen LogP contribution in [0.15, 0.2) is 0 Å². The minimum absolute atomic E-state index is 0.0715. The average Bonchev–Trinajstić information content (AvgIpc) is 3.25. The van der Waals surface area contributed by atoms with Crippen LogP contribution in [0.25, 0.3) is 0 Å². The third-order valence-electron chi connectivity index (χ3n) is 6.97. The molecule has 0 aromatic rings. The molecule has 0 saturated heterocycles. The van der Waals surface area contributed by atoms with E-state index in [0.717, 1.165) is 0 Å². The van der Waals surface area contributed by atoms with Crippen LogP contribution in [-0.2, 0) is 94.7 Å². The van der Waals surface area contributed by atoms with Crippen molar-refractivity contribution in [2.75, 3.05) is 252 Å². The van der Waals surface area contributed by atoms with E-state index in [1.165, 1.54) is 0 Å². The van der Waals surface area contributed by atoms with Gasteiger partial charge in [-0.05, 0) is 0 Å². The van der Waals surface area contributed by atoms with Gasteiger partial charge in [0.1, 0.15) is 13.2 Å². The molecule has 0 N–H and O–H groups in total. The van der Waals surface area contributed by atoms with Gasteiger partial charge in [0.2, 0.25) is 0 Å². The number of methoxy groups -OCH3 is 2. The Hall–Kier alpha value is -1.45. The van der Waals surface area contributed by atoms with Crippen molar-refractivity contribution in [3.8, 4) is 0 Å². The Morgan fingerprint density at radius 3 is 0.450 bits per heavy atom. The SMILES string of the molecule is COCCOCCOCCOCCOCCOCCOCCOCCOCCOC(=O)OCCOCCOCCOCCOCCOCCOCCOCCOCCOC. The summed E-state index contributed by atoms with van der Waals surface area (Å²) >= 11 is 0. The molecule has 0 aromatic carbocycles. The maximum Gasteiger partial charge on any atom is 0.508 e. The molecule has 0 spiro atoms. The van der Waals surface area contributed by atoms with Gasteiger partial charge in [0.15, 0.2) is 0 Å². The van der Waals surface area contributed by atoms with Gasteiger partial charge in [-0.15, -0.1) is 0 Å². The van der Waals surface area contributed by atoms with Gasteiger partial charge in [0.25, 0.3) is 0 Å². The molecule has 0 aliphatic heterocycles. The Labute approximate surface area is 357 Å². The quantitative estimate of drug-likeness (QED) is 0.0610. The van der Waals surface area contributed by atoms with Crippen LogP contribution in [0.3, 0.4) is 0 Å². The minimum atomic E-state index is -0.782. The average molecular weight is 883 g/mol. The van der Waals surface area contributed by atoms with Crippen molar-refractivity contribution in [3.05, 3.63) is 0 Å². The second-order valence-corrected chi connectivity index (χ2v) is 11.7. The van der Waals surface area contributed by atoms with Crippen LogP contribution >= 0.6 is 0 Å². The smallest absolute Gasteiger partial charge is 0.432 e. The van der Waals surface area contributed by atoms with Crippen molar-refractivity contribution < 1.29 is 99.5 Å². The highest BCUT2D eigenvalue weighted by atomic mass is 16.7. The largest absolute Gasteiger partial charge is 0.508 e. The van der Waals surface area contributed by atoms with Gasteiger partial charge in [-0.1, -0.05) is 0 Å². The van der Waals surface area contributed by atoms with Crippen LogP contribution < -0.4 is 0 Å². The zero-order valence-electron chi connectivity index (χ0n) is 36.5.